The van der Waals surface area contributed by atoms with Gasteiger partial charge in [0.2, 0.25) is 0 Å². The minimum atomic E-state index is -0.469. The van der Waals surface area contributed by atoms with E-state index in [1.165, 1.54) is 24.3 Å². The number of hydrogen-bond acceptors (Lipinski definition) is 6. The number of benzene rings is 2. The number of amides is 2. The minimum Gasteiger partial charge on any atom is -0.364 e. The number of rotatable bonds is 4. The van der Waals surface area contributed by atoms with Crippen molar-refractivity contribution in [3.8, 4) is 0 Å². The van der Waals surface area contributed by atoms with E-state index in [1.54, 1.807) is 28.0 Å². The molecule has 0 aromatic heterocycles. The Balaban J connectivity index is 1.50. The first-order valence-corrected chi connectivity index (χ1v) is 11.0. The third kappa shape index (κ3) is 5.11. The van der Waals surface area contributed by atoms with Crippen molar-refractivity contribution in [3.05, 3.63) is 69.5 Å². The van der Waals surface area contributed by atoms with E-state index in [0.29, 0.717) is 70.0 Å². The van der Waals surface area contributed by atoms with E-state index in [9.17, 15) is 24.1 Å². The average Bonchev–Trinajstić information content (AvgIpc) is 3.09. The Kier molecular flexibility index (Phi) is 6.83. The molecular weight excluding hydrogens is 429 g/mol. The van der Waals surface area contributed by atoms with Crippen LogP contribution in [0, 0.1) is 15.9 Å². The highest BCUT2D eigenvalue weighted by atomic mass is 19.1. The third-order valence-electron chi connectivity index (χ3n) is 6.02. The zero-order chi connectivity index (χ0) is 23.4. The molecule has 0 spiro atoms. The molecule has 9 nitrogen and oxygen atoms in total. The Hall–Kier alpha value is -3.53. The molecule has 1 N–H and O–H groups in total. The Bertz CT molecular complexity index is 1060. The van der Waals surface area contributed by atoms with Crippen molar-refractivity contribution in [2.45, 2.75) is 6.42 Å². The van der Waals surface area contributed by atoms with Crippen LogP contribution in [0.2, 0.25) is 0 Å². The van der Waals surface area contributed by atoms with Crippen LogP contribution in [0.1, 0.15) is 27.1 Å². The summed E-state index contributed by atoms with van der Waals surface area (Å²) in [7, 11) is 0. The number of anilines is 1. The van der Waals surface area contributed by atoms with Crippen LogP contribution in [0.5, 0.6) is 0 Å². The molecule has 0 unspecified atom stereocenters. The fraction of sp³-hybridized carbons (Fsp3) is 0.391. The van der Waals surface area contributed by atoms with E-state index >= 15 is 0 Å². The van der Waals surface area contributed by atoms with Gasteiger partial charge in [-0.3, -0.25) is 19.7 Å². The van der Waals surface area contributed by atoms with Gasteiger partial charge in [0, 0.05) is 69.6 Å². The van der Waals surface area contributed by atoms with Crippen molar-refractivity contribution >= 4 is 23.2 Å². The Labute approximate surface area is 190 Å². The summed E-state index contributed by atoms with van der Waals surface area (Å²) in [4.78, 5) is 42.1. The lowest BCUT2D eigenvalue weighted by molar-refractivity contribution is -0.384. The van der Waals surface area contributed by atoms with Gasteiger partial charge in [-0.1, -0.05) is 6.07 Å². The van der Waals surface area contributed by atoms with Gasteiger partial charge in [-0.15, -0.1) is 0 Å². The second-order valence-corrected chi connectivity index (χ2v) is 8.15. The highest BCUT2D eigenvalue weighted by Crippen LogP contribution is 2.31. The number of nitro groups is 1. The Morgan fingerprint density at radius 1 is 0.879 bits per heavy atom. The van der Waals surface area contributed by atoms with Crippen LogP contribution in [-0.2, 0) is 0 Å². The number of hydrogen-bond donors (Lipinski definition) is 1. The molecule has 2 aliphatic heterocycles. The van der Waals surface area contributed by atoms with Gasteiger partial charge >= 0.3 is 0 Å². The van der Waals surface area contributed by atoms with Gasteiger partial charge in [0.1, 0.15) is 11.5 Å². The number of carbonyl (C=O) groups excluding carboxylic acids is 2. The summed E-state index contributed by atoms with van der Waals surface area (Å²) in [5, 5.41) is 15.0. The molecule has 0 aliphatic carbocycles. The molecule has 2 aliphatic rings. The molecule has 2 aromatic rings. The number of nitrogens with one attached hydrogen (secondary N) is 1. The number of halogens is 1. The lowest BCUT2D eigenvalue weighted by Crippen LogP contribution is -2.46. The molecule has 33 heavy (non-hydrogen) atoms. The molecule has 174 valence electrons. The summed E-state index contributed by atoms with van der Waals surface area (Å²) >= 11 is 0. The summed E-state index contributed by atoms with van der Waals surface area (Å²) in [6.45, 7) is 4.28. The molecule has 0 saturated carbocycles. The maximum atomic E-state index is 13.5. The smallest absolute Gasteiger partial charge is 0.293 e. The first-order chi connectivity index (χ1) is 15.9. The quantitative estimate of drug-likeness (QED) is 0.560. The molecule has 10 heteroatoms. The van der Waals surface area contributed by atoms with Crippen LogP contribution in [-0.4, -0.2) is 78.9 Å². The van der Waals surface area contributed by atoms with E-state index in [2.05, 4.69) is 5.32 Å². The van der Waals surface area contributed by atoms with Crippen LogP contribution in [0.4, 0.5) is 15.8 Å². The number of nitrogens with zero attached hydrogens (tertiary/aromatic N) is 4. The summed E-state index contributed by atoms with van der Waals surface area (Å²) in [6, 6.07) is 10.2. The SMILES string of the molecule is O=C(c1ccc(N2CCCN(C(=O)c3cccc(F)c3)CC2)c([N+](=O)[O-])c1)N1CCNCC1. The molecule has 2 heterocycles. The number of piperazine rings is 1. The highest BCUT2D eigenvalue weighted by Gasteiger charge is 2.27. The summed E-state index contributed by atoms with van der Waals surface area (Å²) < 4.78 is 13.5. The number of nitro benzene ring substituents is 1. The molecule has 2 saturated heterocycles. The predicted molar refractivity (Wildman–Crippen MR) is 121 cm³/mol. The first-order valence-electron chi connectivity index (χ1n) is 11.0. The fourth-order valence-electron chi connectivity index (χ4n) is 4.29. The summed E-state index contributed by atoms with van der Waals surface area (Å²) in [6.07, 6.45) is 0.611. The first kappa shape index (κ1) is 22.7. The molecule has 2 amide bonds. The lowest BCUT2D eigenvalue weighted by atomic mass is 10.1. The molecular formula is C23H26FN5O4. The Morgan fingerprint density at radius 2 is 1.58 bits per heavy atom. The van der Waals surface area contributed by atoms with Crippen LogP contribution >= 0.6 is 0 Å². The van der Waals surface area contributed by atoms with Gasteiger partial charge < -0.3 is 20.0 Å². The number of carbonyl (C=O) groups is 2. The van der Waals surface area contributed by atoms with Crippen LogP contribution in [0.3, 0.4) is 0 Å². The largest absolute Gasteiger partial charge is 0.364 e. The van der Waals surface area contributed by atoms with Gasteiger partial charge in [0.05, 0.1) is 4.92 Å². The maximum absolute atomic E-state index is 13.5. The van der Waals surface area contributed by atoms with E-state index in [1.807, 2.05) is 4.90 Å². The lowest BCUT2D eigenvalue weighted by Gasteiger charge is -2.28. The van der Waals surface area contributed by atoms with Crippen molar-refractivity contribution < 1.29 is 18.9 Å². The van der Waals surface area contributed by atoms with Crippen LogP contribution < -0.4 is 10.2 Å². The zero-order valence-electron chi connectivity index (χ0n) is 18.2. The summed E-state index contributed by atoms with van der Waals surface area (Å²) in [5.41, 5.74) is 0.882. The third-order valence-corrected chi connectivity index (χ3v) is 6.02. The van der Waals surface area contributed by atoms with Crippen molar-refractivity contribution in [2.75, 3.05) is 57.3 Å². The highest BCUT2D eigenvalue weighted by molar-refractivity contribution is 5.96. The molecule has 4 rings (SSSR count). The van der Waals surface area contributed by atoms with Gasteiger partial charge in [-0.25, -0.2) is 4.39 Å². The Morgan fingerprint density at radius 3 is 2.27 bits per heavy atom. The van der Waals surface area contributed by atoms with E-state index < -0.39 is 10.7 Å². The van der Waals surface area contributed by atoms with E-state index in [0.717, 1.165) is 0 Å². The van der Waals surface area contributed by atoms with Gasteiger partial charge in [-0.2, -0.15) is 0 Å². The molecule has 0 bridgehead atoms. The van der Waals surface area contributed by atoms with E-state index in [4.69, 9.17) is 0 Å². The van der Waals surface area contributed by atoms with Gasteiger partial charge in [-0.05, 0) is 36.8 Å². The predicted octanol–water partition coefficient (Wildman–Crippen LogP) is 2.13. The minimum absolute atomic E-state index is 0.124. The van der Waals surface area contributed by atoms with Gasteiger partial charge in [0.25, 0.3) is 17.5 Å². The molecule has 0 atom stereocenters. The van der Waals surface area contributed by atoms with Crippen molar-refractivity contribution in [3.63, 3.8) is 0 Å². The second kappa shape index (κ2) is 9.95. The molecule has 2 aromatic carbocycles. The topological polar surface area (TPSA) is 99.0 Å². The van der Waals surface area contributed by atoms with Gasteiger partial charge in [0.15, 0.2) is 0 Å². The monoisotopic (exact) mass is 455 g/mol. The maximum Gasteiger partial charge on any atom is 0.293 e. The van der Waals surface area contributed by atoms with Crippen LogP contribution in [0.25, 0.3) is 0 Å². The van der Waals surface area contributed by atoms with Crippen molar-refractivity contribution in [1.82, 2.24) is 15.1 Å². The fourth-order valence-corrected chi connectivity index (χ4v) is 4.29. The molecule has 2 fully saturated rings. The standard InChI is InChI=1S/C23H26FN5O4/c24-19-4-1-3-17(15-19)22(30)27-10-2-9-26(13-14-27)20-6-5-18(16-21(20)29(32)33)23(31)28-11-7-25-8-12-28/h1,3-6,15-16,25H,2,7-14H2. The van der Waals surface area contributed by atoms with E-state index in [-0.39, 0.29) is 23.1 Å². The molecule has 0 radical (unpaired) electrons. The van der Waals surface area contributed by atoms with Crippen molar-refractivity contribution in [2.24, 2.45) is 0 Å². The van der Waals surface area contributed by atoms with Crippen LogP contribution in [0.15, 0.2) is 42.5 Å². The normalized spacial score (nSPS) is 16.9. The zero-order valence-corrected chi connectivity index (χ0v) is 18.2. The van der Waals surface area contributed by atoms with Crippen molar-refractivity contribution in [1.29, 1.82) is 0 Å². The average molecular weight is 455 g/mol. The summed E-state index contributed by atoms with van der Waals surface area (Å²) in [5.74, 6) is -0.944. The second-order valence-electron chi connectivity index (χ2n) is 8.15.